The fourth-order valence-corrected chi connectivity index (χ4v) is 6.22. The summed E-state index contributed by atoms with van der Waals surface area (Å²) in [5, 5.41) is 0.878. The zero-order valence-corrected chi connectivity index (χ0v) is 16.0. The van der Waals surface area contributed by atoms with Gasteiger partial charge in [-0.15, -0.1) is 0 Å². The third kappa shape index (κ3) is 2.62. The van der Waals surface area contributed by atoms with Crippen molar-refractivity contribution in [3.05, 3.63) is 23.3 Å². The van der Waals surface area contributed by atoms with E-state index in [-0.39, 0.29) is 11.3 Å². The van der Waals surface area contributed by atoms with Crippen LogP contribution in [0.15, 0.2) is 12.1 Å². The largest absolute Gasteiger partial charge is 0.346 e. The monoisotopic (exact) mass is 365 g/mol. The molecule has 5 nitrogen and oxygen atoms in total. The van der Waals surface area contributed by atoms with Gasteiger partial charge < -0.3 is 4.90 Å². The first-order valence-electron chi connectivity index (χ1n) is 8.46. The van der Waals surface area contributed by atoms with E-state index in [4.69, 9.17) is 4.98 Å². The van der Waals surface area contributed by atoms with Crippen molar-refractivity contribution in [2.24, 2.45) is 0 Å². The average Bonchev–Trinajstić information content (AvgIpc) is 3.16. The Bertz CT molecular complexity index is 887. The summed E-state index contributed by atoms with van der Waals surface area (Å²) in [6.45, 7) is 5.83. The van der Waals surface area contributed by atoms with Crippen molar-refractivity contribution in [1.29, 1.82) is 0 Å². The second kappa shape index (κ2) is 5.68. The molecule has 0 amide bonds. The molecule has 1 aliphatic carbocycles. The van der Waals surface area contributed by atoms with Crippen molar-refractivity contribution in [3.63, 3.8) is 0 Å². The average molecular weight is 366 g/mol. The number of likely N-dealkylation sites (N-methyl/N-ethyl adjacent to an activating group) is 1. The molecule has 1 aromatic heterocycles. The van der Waals surface area contributed by atoms with Gasteiger partial charge >= 0.3 is 0 Å². The lowest BCUT2D eigenvalue weighted by Crippen LogP contribution is -2.40. The molecule has 0 N–H and O–H groups in total. The van der Waals surface area contributed by atoms with Gasteiger partial charge in [0.2, 0.25) is 10.0 Å². The first-order chi connectivity index (χ1) is 11.4. The maximum Gasteiger partial charge on any atom is 0.217 e. The second-order valence-corrected chi connectivity index (χ2v) is 10.3. The van der Waals surface area contributed by atoms with E-state index in [1.165, 1.54) is 15.8 Å². The van der Waals surface area contributed by atoms with Crippen LogP contribution in [0.25, 0.3) is 10.2 Å². The molecule has 2 aliphatic rings. The van der Waals surface area contributed by atoms with Crippen molar-refractivity contribution in [3.8, 4) is 0 Å². The summed E-state index contributed by atoms with van der Waals surface area (Å²) in [6, 6.07) is 4.34. The number of anilines is 1. The molecule has 130 valence electrons. The van der Waals surface area contributed by atoms with Gasteiger partial charge in [-0.3, -0.25) is 0 Å². The molecular formula is C17H23N3O2S2. The van der Waals surface area contributed by atoms with Gasteiger partial charge in [0.15, 0.2) is 5.13 Å². The molecule has 4 rings (SSSR count). The van der Waals surface area contributed by atoms with Gasteiger partial charge in [-0.25, -0.2) is 13.4 Å². The van der Waals surface area contributed by atoms with Crippen LogP contribution >= 0.6 is 11.3 Å². The second-order valence-electron chi connectivity index (χ2n) is 7.00. The SMILES string of the molecule is Cc1ccc2sc(N3CCC(N(C)S(=O)(=O)C4CC4)C3)nc2c1C. The Balaban J connectivity index is 1.55. The first kappa shape index (κ1) is 16.3. The highest BCUT2D eigenvalue weighted by Crippen LogP contribution is 2.36. The Kier molecular flexibility index (Phi) is 3.85. The zero-order chi connectivity index (χ0) is 17.1. The number of benzene rings is 1. The van der Waals surface area contributed by atoms with Crippen molar-refractivity contribution < 1.29 is 8.42 Å². The number of hydrogen-bond acceptors (Lipinski definition) is 5. The van der Waals surface area contributed by atoms with Gasteiger partial charge in [-0.2, -0.15) is 4.31 Å². The lowest BCUT2D eigenvalue weighted by atomic mass is 10.1. The van der Waals surface area contributed by atoms with Gasteiger partial charge in [0.25, 0.3) is 0 Å². The zero-order valence-electron chi connectivity index (χ0n) is 14.3. The summed E-state index contributed by atoms with van der Waals surface area (Å²) < 4.78 is 27.7. The fraction of sp³-hybridized carbons (Fsp3) is 0.588. The van der Waals surface area contributed by atoms with E-state index in [1.807, 2.05) is 0 Å². The third-order valence-electron chi connectivity index (χ3n) is 5.37. The smallest absolute Gasteiger partial charge is 0.217 e. The number of aromatic nitrogens is 1. The Hall–Kier alpha value is -1.18. The number of fused-ring (bicyclic) bond motifs is 1. The van der Waals surface area contributed by atoms with Crippen molar-refractivity contribution in [2.75, 3.05) is 25.0 Å². The van der Waals surface area contributed by atoms with E-state index in [2.05, 4.69) is 30.9 Å². The Morgan fingerprint density at radius 1 is 1.25 bits per heavy atom. The quantitative estimate of drug-likeness (QED) is 0.836. The van der Waals surface area contributed by atoms with Crippen molar-refractivity contribution >= 4 is 36.7 Å². The standard InChI is InChI=1S/C17H23N3O2S2/c1-11-4-7-15-16(12(11)2)18-17(23-15)20-9-8-13(10-20)19(3)24(21,22)14-5-6-14/h4,7,13-14H,5-6,8-10H2,1-3H3. The first-order valence-corrected chi connectivity index (χ1v) is 10.8. The molecule has 2 aromatic rings. The molecule has 1 aliphatic heterocycles. The normalized spacial score (nSPS) is 22.0. The number of rotatable bonds is 4. The van der Waals surface area contributed by atoms with Crippen LogP contribution in [0.4, 0.5) is 5.13 Å². The molecule has 0 bridgehead atoms. The number of sulfonamides is 1. The Morgan fingerprint density at radius 2 is 2.00 bits per heavy atom. The minimum Gasteiger partial charge on any atom is -0.346 e. The summed E-state index contributed by atoms with van der Waals surface area (Å²) in [6.07, 6.45) is 2.51. The maximum atomic E-state index is 12.4. The molecule has 1 atom stereocenters. The lowest BCUT2D eigenvalue weighted by Gasteiger charge is -2.24. The highest BCUT2D eigenvalue weighted by atomic mass is 32.2. The van der Waals surface area contributed by atoms with Crippen LogP contribution < -0.4 is 4.90 Å². The number of hydrogen-bond donors (Lipinski definition) is 0. The van der Waals surface area contributed by atoms with Crippen LogP contribution in [0.2, 0.25) is 0 Å². The van der Waals surface area contributed by atoms with Crippen LogP contribution in [-0.4, -0.2) is 49.1 Å². The highest BCUT2D eigenvalue weighted by molar-refractivity contribution is 7.90. The summed E-state index contributed by atoms with van der Waals surface area (Å²) in [7, 11) is -1.36. The van der Waals surface area contributed by atoms with Crippen molar-refractivity contribution in [1.82, 2.24) is 9.29 Å². The summed E-state index contributed by atoms with van der Waals surface area (Å²) in [5.41, 5.74) is 3.57. The summed E-state index contributed by atoms with van der Waals surface area (Å²) in [5.74, 6) is 0. The fourth-order valence-electron chi connectivity index (χ4n) is 3.37. The molecule has 1 saturated carbocycles. The molecule has 0 radical (unpaired) electrons. The molecule has 2 heterocycles. The molecule has 0 spiro atoms. The van der Waals surface area contributed by atoms with Gasteiger partial charge in [0.1, 0.15) is 0 Å². The van der Waals surface area contributed by atoms with E-state index in [0.29, 0.717) is 0 Å². The topological polar surface area (TPSA) is 53.5 Å². The van der Waals surface area contributed by atoms with E-state index in [9.17, 15) is 8.42 Å². The Morgan fingerprint density at radius 3 is 2.71 bits per heavy atom. The highest BCUT2D eigenvalue weighted by Gasteiger charge is 2.42. The molecule has 1 aromatic carbocycles. The molecule has 1 saturated heterocycles. The lowest BCUT2D eigenvalue weighted by molar-refractivity contribution is 0.389. The molecule has 7 heteroatoms. The van der Waals surface area contributed by atoms with Crippen LogP contribution in [0.5, 0.6) is 0 Å². The van der Waals surface area contributed by atoms with Crippen LogP contribution in [0.1, 0.15) is 30.4 Å². The minimum absolute atomic E-state index is 0.0606. The van der Waals surface area contributed by atoms with Gasteiger partial charge in [-0.1, -0.05) is 17.4 Å². The van der Waals surface area contributed by atoms with E-state index in [0.717, 1.165) is 43.0 Å². The minimum atomic E-state index is -3.10. The van der Waals surface area contributed by atoms with E-state index < -0.39 is 10.0 Å². The number of aryl methyl sites for hydroxylation is 2. The molecule has 1 unspecified atom stereocenters. The summed E-state index contributed by atoms with van der Waals surface area (Å²) in [4.78, 5) is 7.07. The van der Waals surface area contributed by atoms with E-state index >= 15 is 0 Å². The van der Waals surface area contributed by atoms with E-state index in [1.54, 1.807) is 22.7 Å². The van der Waals surface area contributed by atoms with Gasteiger partial charge in [0, 0.05) is 26.2 Å². The third-order valence-corrected chi connectivity index (χ3v) is 8.86. The Labute approximate surface area is 147 Å². The number of nitrogens with zero attached hydrogens (tertiary/aromatic N) is 3. The summed E-state index contributed by atoms with van der Waals surface area (Å²) >= 11 is 1.70. The molecule has 24 heavy (non-hydrogen) atoms. The van der Waals surface area contributed by atoms with Crippen molar-refractivity contribution in [2.45, 2.75) is 44.4 Å². The predicted molar refractivity (Wildman–Crippen MR) is 99.4 cm³/mol. The molecule has 2 fully saturated rings. The maximum absolute atomic E-state index is 12.4. The predicted octanol–water partition coefficient (Wildman–Crippen LogP) is 2.92. The van der Waals surface area contributed by atoms with Crippen LogP contribution in [-0.2, 0) is 10.0 Å². The van der Waals surface area contributed by atoms with Gasteiger partial charge in [-0.05, 0) is 50.3 Å². The van der Waals surface area contributed by atoms with Crippen LogP contribution in [0.3, 0.4) is 0 Å². The van der Waals surface area contributed by atoms with Gasteiger partial charge in [0.05, 0.1) is 15.5 Å². The number of thiazole rings is 1. The molecular weight excluding hydrogens is 342 g/mol. The van der Waals surface area contributed by atoms with Crippen LogP contribution in [0, 0.1) is 13.8 Å².